The van der Waals surface area contributed by atoms with E-state index in [-0.39, 0.29) is 18.1 Å². The normalized spacial score (nSPS) is 10.8. The lowest BCUT2D eigenvalue weighted by atomic mass is 10.0. The second-order valence-corrected chi connectivity index (χ2v) is 6.25. The molecule has 0 saturated carbocycles. The number of pyridine rings is 2. The molecule has 8 heteroatoms. The number of hydrogen-bond donors (Lipinski definition) is 2. The van der Waals surface area contributed by atoms with Gasteiger partial charge in [0.25, 0.3) is 0 Å². The first-order chi connectivity index (χ1) is 12.2. The van der Waals surface area contributed by atoms with E-state index >= 15 is 0 Å². The van der Waals surface area contributed by atoms with E-state index in [1.165, 1.54) is 15.4 Å². The number of para-hydroxylation sites is 1. The van der Waals surface area contributed by atoms with Crippen molar-refractivity contribution in [3.05, 3.63) is 69.9 Å². The van der Waals surface area contributed by atoms with E-state index in [0.717, 1.165) is 30.6 Å². The van der Waals surface area contributed by atoms with Crippen molar-refractivity contribution in [3.8, 4) is 0 Å². The van der Waals surface area contributed by atoms with Crippen LogP contribution in [0.15, 0.2) is 53.6 Å². The number of aromatic nitrogens is 4. The molecule has 0 atom stereocenters. The van der Waals surface area contributed by atoms with Gasteiger partial charge in [0.2, 0.25) is 0 Å². The quantitative estimate of drug-likeness (QED) is 0.510. The Morgan fingerprint density at radius 1 is 1.23 bits per heavy atom. The highest BCUT2D eigenvalue weighted by atomic mass is 35.5. The Hall–Kier alpha value is -2.57. The highest BCUT2D eigenvalue weighted by molar-refractivity contribution is 6.30. The number of halogens is 2. The predicted molar refractivity (Wildman–Crippen MR) is 107 cm³/mol. The average Bonchev–Trinajstić information content (AvgIpc) is 3.00. The Bertz CT molecular complexity index is 1100. The van der Waals surface area contributed by atoms with Gasteiger partial charge >= 0.3 is 5.69 Å². The van der Waals surface area contributed by atoms with Crippen molar-refractivity contribution in [1.29, 1.82) is 0 Å². The van der Waals surface area contributed by atoms with E-state index in [0.29, 0.717) is 10.7 Å². The van der Waals surface area contributed by atoms with Crippen molar-refractivity contribution in [2.75, 3.05) is 11.9 Å². The van der Waals surface area contributed by atoms with Crippen molar-refractivity contribution in [2.45, 2.75) is 12.8 Å². The van der Waals surface area contributed by atoms with Crippen molar-refractivity contribution < 1.29 is 0 Å². The molecular weight excluding hydrogens is 373 g/mol. The third kappa shape index (κ3) is 3.52. The fraction of sp³-hybridized carbons (Fsp3) is 0.167. The van der Waals surface area contributed by atoms with Crippen LogP contribution in [0.2, 0.25) is 5.02 Å². The van der Waals surface area contributed by atoms with Gasteiger partial charge in [-0.25, -0.2) is 14.3 Å². The van der Waals surface area contributed by atoms with E-state index in [4.69, 9.17) is 11.6 Å². The number of nitrogens with zero attached hydrogens (tertiary/aromatic N) is 3. The summed E-state index contributed by atoms with van der Waals surface area (Å²) in [5.74, 6) is 0. The Labute approximate surface area is 160 Å². The highest BCUT2D eigenvalue weighted by Crippen LogP contribution is 2.20. The first-order valence-corrected chi connectivity index (χ1v) is 8.43. The van der Waals surface area contributed by atoms with E-state index in [2.05, 4.69) is 32.6 Å². The van der Waals surface area contributed by atoms with Crippen molar-refractivity contribution in [3.63, 3.8) is 0 Å². The summed E-state index contributed by atoms with van der Waals surface area (Å²) in [6.07, 6.45) is 5.26. The zero-order valence-electron chi connectivity index (χ0n) is 13.8. The summed E-state index contributed by atoms with van der Waals surface area (Å²) in [6, 6.07) is 12.0. The molecule has 0 unspecified atom stereocenters. The minimum Gasteiger partial charge on any atom is -0.382 e. The molecular formula is C18H17Cl2N5O. The number of H-pyrrole nitrogens is 1. The van der Waals surface area contributed by atoms with Crippen LogP contribution < -0.4 is 11.0 Å². The van der Waals surface area contributed by atoms with Crippen LogP contribution in [0.5, 0.6) is 0 Å². The van der Waals surface area contributed by atoms with Crippen LogP contribution in [0, 0.1) is 0 Å². The van der Waals surface area contributed by atoms with Crippen molar-refractivity contribution >= 4 is 46.2 Å². The van der Waals surface area contributed by atoms with Crippen LogP contribution in [0.3, 0.4) is 0 Å². The largest absolute Gasteiger partial charge is 0.382 e. The summed E-state index contributed by atoms with van der Waals surface area (Å²) >= 11 is 6.08. The summed E-state index contributed by atoms with van der Waals surface area (Å²) in [7, 11) is 0. The van der Waals surface area contributed by atoms with Crippen molar-refractivity contribution in [2.24, 2.45) is 0 Å². The molecule has 1 aromatic carbocycles. The molecule has 0 aliphatic heterocycles. The fourth-order valence-electron chi connectivity index (χ4n) is 2.98. The van der Waals surface area contributed by atoms with Crippen molar-refractivity contribution in [1.82, 2.24) is 19.6 Å². The topological polar surface area (TPSA) is 75.1 Å². The smallest absolute Gasteiger partial charge is 0.347 e. The van der Waals surface area contributed by atoms with Gasteiger partial charge in [0.05, 0.1) is 16.2 Å². The maximum atomic E-state index is 11.7. The highest BCUT2D eigenvalue weighted by Gasteiger charge is 2.08. The number of benzene rings is 1. The Balaban J connectivity index is 0.00000196. The predicted octanol–water partition coefficient (Wildman–Crippen LogP) is 3.69. The van der Waals surface area contributed by atoms with Gasteiger partial charge in [-0.3, -0.25) is 4.98 Å². The standard InChI is InChI=1S/C18H16ClN5O.ClH/c19-13-10-16(17-22-23-18(25)24(17)11-13)20-8-3-4-12-7-9-21-15-6-2-1-5-14(12)15;/h1-2,5-7,9-11,20H,3-4,8H2,(H,23,25);1H. The van der Waals surface area contributed by atoms with Gasteiger partial charge in [-0.15, -0.1) is 12.4 Å². The molecule has 26 heavy (non-hydrogen) atoms. The molecule has 2 N–H and O–H groups in total. The Morgan fingerprint density at radius 3 is 2.96 bits per heavy atom. The third-order valence-corrected chi connectivity index (χ3v) is 4.36. The summed E-state index contributed by atoms with van der Waals surface area (Å²) in [4.78, 5) is 16.1. The number of nitrogens with one attached hydrogen (secondary N) is 2. The number of fused-ring (bicyclic) bond motifs is 2. The second kappa shape index (κ2) is 7.76. The summed E-state index contributed by atoms with van der Waals surface area (Å²) in [6.45, 7) is 0.744. The van der Waals surface area contributed by atoms with Gasteiger partial charge in [0.15, 0.2) is 5.65 Å². The molecule has 6 nitrogen and oxygen atoms in total. The molecule has 0 radical (unpaired) electrons. The number of anilines is 1. The molecule has 0 spiro atoms. The minimum atomic E-state index is -0.302. The van der Waals surface area contributed by atoms with Gasteiger partial charge in [-0.05, 0) is 36.6 Å². The minimum absolute atomic E-state index is 0. The lowest BCUT2D eigenvalue weighted by Crippen LogP contribution is -2.10. The van der Waals surface area contributed by atoms with E-state index < -0.39 is 0 Å². The number of aromatic amines is 1. The fourth-order valence-corrected chi connectivity index (χ4v) is 3.19. The maximum absolute atomic E-state index is 11.7. The zero-order valence-corrected chi connectivity index (χ0v) is 15.3. The van der Waals surface area contributed by atoms with Crippen LogP contribution in [-0.4, -0.2) is 26.1 Å². The summed E-state index contributed by atoms with van der Waals surface area (Å²) in [5, 5.41) is 11.5. The van der Waals surface area contributed by atoms with E-state index in [9.17, 15) is 4.79 Å². The molecule has 0 aliphatic carbocycles. The first-order valence-electron chi connectivity index (χ1n) is 8.05. The van der Waals surface area contributed by atoms with Gasteiger partial charge in [-0.1, -0.05) is 29.8 Å². The van der Waals surface area contributed by atoms with Gasteiger partial charge in [0.1, 0.15) is 0 Å². The summed E-state index contributed by atoms with van der Waals surface area (Å²) in [5.41, 5.74) is 3.28. The monoisotopic (exact) mass is 389 g/mol. The third-order valence-electron chi connectivity index (χ3n) is 4.16. The summed E-state index contributed by atoms with van der Waals surface area (Å²) < 4.78 is 1.40. The van der Waals surface area contributed by atoms with Crippen LogP contribution in [0.1, 0.15) is 12.0 Å². The zero-order chi connectivity index (χ0) is 17.2. The number of hydrogen-bond acceptors (Lipinski definition) is 4. The molecule has 0 bridgehead atoms. The SMILES string of the molecule is Cl.O=c1[nH]nc2c(NCCCc3ccnc4ccccc34)cc(Cl)cn12. The van der Waals surface area contributed by atoms with E-state index in [1.54, 1.807) is 12.3 Å². The molecule has 0 fully saturated rings. The van der Waals surface area contributed by atoms with Gasteiger partial charge in [0, 0.05) is 24.3 Å². The molecule has 4 rings (SSSR count). The maximum Gasteiger partial charge on any atom is 0.347 e. The molecule has 0 saturated heterocycles. The second-order valence-electron chi connectivity index (χ2n) is 5.81. The number of rotatable bonds is 5. The van der Waals surface area contributed by atoms with Crippen LogP contribution in [0.25, 0.3) is 16.6 Å². The Morgan fingerprint density at radius 2 is 2.08 bits per heavy atom. The molecule has 3 aromatic heterocycles. The molecule has 134 valence electrons. The van der Waals surface area contributed by atoms with Crippen LogP contribution in [-0.2, 0) is 6.42 Å². The molecule has 0 aliphatic rings. The first kappa shape index (κ1) is 18.2. The average molecular weight is 390 g/mol. The molecule has 4 aromatic rings. The number of aryl methyl sites for hydroxylation is 1. The van der Waals surface area contributed by atoms with E-state index in [1.807, 2.05) is 24.4 Å². The molecule has 0 amide bonds. The lowest BCUT2D eigenvalue weighted by Gasteiger charge is -2.09. The van der Waals surface area contributed by atoms with Crippen LogP contribution >= 0.6 is 24.0 Å². The Kier molecular flexibility index (Phi) is 5.44. The van der Waals surface area contributed by atoms with Gasteiger partial charge < -0.3 is 5.32 Å². The molecule has 3 heterocycles. The lowest BCUT2D eigenvalue weighted by molar-refractivity contribution is 0.867. The van der Waals surface area contributed by atoms with Crippen LogP contribution in [0.4, 0.5) is 5.69 Å². The van der Waals surface area contributed by atoms with Gasteiger partial charge in [-0.2, -0.15) is 5.10 Å².